The molecule has 194 valence electrons. The van der Waals surface area contributed by atoms with Gasteiger partial charge < -0.3 is 25.2 Å². The lowest BCUT2D eigenvalue weighted by Gasteiger charge is -2.12. The van der Waals surface area contributed by atoms with Gasteiger partial charge in [0.2, 0.25) is 0 Å². The minimum atomic E-state index is -0.734. The first kappa shape index (κ1) is 28.7. The maximum Gasteiger partial charge on any atom is 0.152 e. The van der Waals surface area contributed by atoms with Crippen molar-refractivity contribution >= 4 is 23.7 Å². The number of aldehydes is 2. The van der Waals surface area contributed by atoms with E-state index < -0.39 is 6.10 Å². The average molecular weight is 495 g/mol. The molecule has 2 aromatic carbocycles. The molecule has 0 aliphatic carbocycles. The van der Waals surface area contributed by atoms with E-state index in [-0.39, 0.29) is 13.1 Å². The van der Waals surface area contributed by atoms with Crippen LogP contribution in [0.25, 0.3) is 11.1 Å². The van der Waals surface area contributed by atoms with Crippen molar-refractivity contribution in [2.24, 2.45) is 0 Å². The van der Waals surface area contributed by atoms with E-state index in [2.05, 4.69) is 24.5 Å². The Hall–Kier alpha value is -3.58. The lowest BCUT2D eigenvalue weighted by molar-refractivity contribution is -0.104. The molecule has 0 saturated heterocycles. The highest BCUT2D eigenvalue weighted by Gasteiger charge is 2.06. The Kier molecular flexibility index (Phi) is 13.5. The molecular formula is C29H38N2O5. The Bertz CT molecular complexity index is 889. The van der Waals surface area contributed by atoms with Crippen molar-refractivity contribution in [3.8, 4) is 11.5 Å². The second kappa shape index (κ2) is 16.9. The van der Waals surface area contributed by atoms with E-state index in [1.54, 1.807) is 12.4 Å². The van der Waals surface area contributed by atoms with Crippen molar-refractivity contribution < 1.29 is 24.2 Å². The van der Waals surface area contributed by atoms with Gasteiger partial charge in [-0.1, -0.05) is 51.0 Å². The molecule has 0 radical (unpaired) electrons. The number of aliphatic hydroxyl groups is 1. The zero-order chi connectivity index (χ0) is 26.0. The van der Waals surface area contributed by atoms with Gasteiger partial charge in [0.1, 0.15) is 11.5 Å². The highest BCUT2D eigenvalue weighted by atomic mass is 16.5. The van der Waals surface area contributed by atoms with Crippen LogP contribution in [0.4, 0.5) is 0 Å². The van der Waals surface area contributed by atoms with Gasteiger partial charge in [0.05, 0.1) is 19.3 Å². The number of nitrogens with one attached hydrogen (secondary N) is 2. The van der Waals surface area contributed by atoms with Crippen molar-refractivity contribution in [2.75, 3.05) is 26.3 Å². The van der Waals surface area contributed by atoms with E-state index in [0.29, 0.717) is 24.4 Å². The summed E-state index contributed by atoms with van der Waals surface area (Å²) in [7, 11) is 0. The fourth-order valence-electron chi connectivity index (χ4n) is 3.21. The predicted molar refractivity (Wildman–Crippen MR) is 144 cm³/mol. The van der Waals surface area contributed by atoms with Crippen molar-refractivity contribution in [1.29, 1.82) is 0 Å². The molecule has 0 aliphatic rings. The number of hydrogen-bond acceptors (Lipinski definition) is 7. The van der Waals surface area contributed by atoms with E-state index in [0.717, 1.165) is 60.9 Å². The lowest BCUT2D eigenvalue weighted by Crippen LogP contribution is -2.32. The van der Waals surface area contributed by atoms with Gasteiger partial charge in [0.15, 0.2) is 12.6 Å². The fraction of sp³-hybridized carbons (Fsp3) is 0.379. The van der Waals surface area contributed by atoms with Gasteiger partial charge in [-0.3, -0.25) is 9.59 Å². The lowest BCUT2D eigenvalue weighted by atomic mass is 10.1. The number of benzene rings is 2. The highest BCUT2D eigenvalue weighted by Crippen LogP contribution is 2.18. The van der Waals surface area contributed by atoms with Crippen LogP contribution < -0.4 is 20.1 Å². The van der Waals surface area contributed by atoms with Crippen LogP contribution in [0.5, 0.6) is 11.5 Å². The second-order valence-electron chi connectivity index (χ2n) is 8.36. The van der Waals surface area contributed by atoms with E-state index in [1.807, 2.05) is 48.5 Å². The van der Waals surface area contributed by atoms with Gasteiger partial charge in [-0.2, -0.15) is 0 Å². The quantitative estimate of drug-likeness (QED) is 0.161. The maximum atomic E-state index is 11.5. The van der Waals surface area contributed by atoms with Gasteiger partial charge in [-0.25, -0.2) is 0 Å². The van der Waals surface area contributed by atoms with Gasteiger partial charge in [0.25, 0.3) is 0 Å². The first-order valence-electron chi connectivity index (χ1n) is 12.5. The van der Waals surface area contributed by atoms with Crippen LogP contribution in [-0.2, 0) is 9.59 Å². The maximum absolute atomic E-state index is 11.5. The molecule has 7 heteroatoms. The third-order valence-electron chi connectivity index (χ3n) is 5.38. The van der Waals surface area contributed by atoms with Crippen molar-refractivity contribution in [1.82, 2.24) is 10.6 Å². The summed E-state index contributed by atoms with van der Waals surface area (Å²) in [4.78, 5) is 23.0. The van der Waals surface area contributed by atoms with Crippen LogP contribution in [0.3, 0.4) is 0 Å². The number of ether oxygens (including phenoxy) is 2. The summed E-state index contributed by atoms with van der Waals surface area (Å²) in [6.07, 6.45) is 8.10. The molecule has 0 aliphatic heterocycles. The van der Waals surface area contributed by atoms with Crippen molar-refractivity contribution in [2.45, 2.75) is 45.6 Å². The van der Waals surface area contributed by atoms with Gasteiger partial charge >= 0.3 is 0 Å². The van der Waals surface area contributed by atoms with Crippen LogP contribution in [0.1, 0.15) is 50.7 Å². The molecule has 7 nitrogen and oxygen atoms in total. The summed E-state index contributed by atoms with van der Waals surface area (Å²) in [5.74, 6) is 1.54. The topological polar surface area (TPSA) is 96.9 Å². The summed E-state index contributed by atoms with van der Waals surface area (Å²) < 4.78 is 11.3. The fourth-order valence-corrected chi connectivity index (χ4v) is 3.21. The van der Waals surface area contributed by atoms with E-state index in [9.17, 15) is 14.7 Å². The first-order chi connectivity index (χ1) is 17.6. The smallest absolute Gasteiger partial charge is 0.152 e. The van der Waals surface area contributed by atoms with Crippen molar-refractivity contribution in [3.05, 3.63) is 72.1 Å². The summed E-state index contributed by atoms with van der Waals surface area (Å²) in [6.45, 7) is 6.02. The molecule has 2 rings (SSSR count). The largest absolute Gasteiger partial charge is 0.494 e. The average Bonchev–Trinajstić information content (AvgIpc) is 2.90. The predicted octanol–water partition coefficient (Wildman–Crippen LogP) is 4.36. The van der Waals surface area contributed by atoms with Crippen LogP contribution in [0.2, 0.25) is 0 Å². The van der Waals surface area contributed by atoms with E-state index >= 15 is 0 Å². The zero-order valence-corrected chi connectivity index (χ0v) is 21.2. The molecule has 0 saturated carbocycles. The Morgan fingerprint density at radius 3 is 1.47 bits per heavy atom. The molecule has 3 N–H and O–H groups in total. The minimum absolute atomic E-state index is 0.233. The summed E-state index contributed by atoms with van der Waals surface area (Å²) in [6, 6.07) is 14.7. The highest BCUT2D eigenvalue weighted by molar-refractivity contribution is 6.07. The van der Waals surface area contributed by atoms with Crippen LogP contribution in [-0.4, -0.2) is 50.1 Å². The molecule has 36 heavy (non-hydrogen) atoms. The van der Waals surface area contributed by atoms with Gasteiger partial charge in [-0.15, -0.1) is 0 Å². The number of carbonyl (C=O) groups is 2. The molecule has 0 bridgehead atoms. The van der Waals surface area contributed by atoms with E-state index in [4.69, 9.17) is 9.47 Å². The SMILES string of the molecule is CCCCOc1ccc(/C(C=O)=C/NCC(O)CN/C=C(/C=O)c2ccc(OCCCC)cc2)cc1. The Morgan fingerprint density at radius 1 is 0.750 bits per heavy atom. The summed E-state index contributed by atoms with van der Waals surface area (Å²) in [5.41, 5.74) is 2.46. The number of aliphatic hydroxyl groups excluding tert-OH is 1. The molecule has 0 fully saturated rings. The number of unbranched alkanes of at least 4 members (excludes halogenated alkanes) is 2. The normalized spacial score (nSPS) is 12.5. The number of rotatable bonds is 18. The second-order valence-corrected chi connectivity index (χ2v) is 8.36. The number of allylic oxidation sites excluding steroid dienone is 2. The standard InChI is InChI=1S/C29H38N2O5/c1-3-5-15-35-28-11-7-23(8-12-28)25(21-32)17-30-19-27(34)20-31-18-26(22-33)24-9-13-29(14-10-24)36-16-6-4-2/h7-14,17-18,21-22,27,30-31,34H,3-6,15-16,19-20H2,1-2H3/b25-17-,26-18+. The molecule has 2 aromatic rings. The van der Waals surface area contributed by atoms with Crippen LogP contribution >= 0.6 is 0 Å². The van der Waals surface area contributed by atoms with E-state index in [1.165, 1.54) is 0 Å². The van der Waals surface area contributed by atoms with Gasteiger partial charge in [0, 0.05) is 36.6 Å². The Morgan fingerprint density at radius 2 is 1.14 bits per heavy atom. The molecular weight excluding hydrogens is 456 g/mol. The molecule has 1 atom stereocenters. The Balaban J connectivity index is 1.81. The minimum Gasteiger partial charge on any atom is -0.494 e. The zero-order valence-electron chi connectivity index (χ0n) is 21.2. The summed E-state index contributed by atoms with van der Waals surface area (Å²) in [5, 5.41) is 16.2. The molecule has 0 amide bonds. The van der Waals surface area contributed by atoms with Crippen LogP contribution in [0.15, 0.2) is 60.9 Å². The molecule has 0 heterocycles. The Labute approximate surface area is 214 Å². The monoisotopic (exact) mass is 494 g/mol. The van der Waals surface area contributed by atoms with Gasteiger partial charge in [-0.05, 0) is 48.2 Å². The van der Waals surface area contributed by atoms with Crippen molar-refractivity contribution in [3.63, 3.8) is 0 Å². The third-order valence-corrected chi connectivity index (χ3v) is 5.38. The van der Waals surface area contributed by atoms with Crippen LogP contribution in [0, 0.1) is 0 Å². The molecule has 0 spiro atoms. The number of carbonyl (C=O) groups excluding carboxylic acids is 2. The summed E-state index contributed by atoms with van der Waals surface area (Å²) >= 11 is 0. The first-order valence-corrected chi connectivity index (χ1v) is 12.5. The number of hydrogen-bond donors (Lipinski definition) is 3. The molecule has 1 unspecified atom stereocenters. The molecule has 0 aromatic heterocycles. The third kappa shape index (κ3) is 10.4.